The van der Waals surface area contributed by atoms with Gasteiger partial charge in [-0.15, -0.1) is 0 Å². The highest BCUT2D eigenvalue weighted by Crippen LogP contribution is 2.44. The number of rotatable bonds is 5. The molecule has 1 atom stereocenters. The topological polar surface area (TPSA) is 46.9 Å². The van der Waals surface area contributed by atoms with Gasteiger partial charge in [-0.25, -0.2) is 13.2 Å². The fourth-order valence-electron chi connectivity index (χ4n) is 5.70. The minimum atomic E-state index is -1.49. The van der Waals surface area contributed by atoms with E-state index in [4.69, 9.17) is 9.47 Å². The number of fused-ring (bicyclic) bond motifs is 6. The van der Waals surface area contributed by atoms with E-state index in [2.05, 4.69) is 11.0 Å². The molecular weight excluding hydrogens is 469 g/mol. The van der Waals surface area contributed by atoms with E-state index in [1.807, 2.05) is 34.9 Å². The average molecular weight is 495 g/mol. The van der Waals surface area contributed by atoms with E-state index in [0.29, 0.717) is 11.5 Å². The summed E-state index contributed by atoms with van der Waals surface area (Å²) in [6, 6.07) is 14.1. The van der Waals surface area contributed by atoms with Gasteiger partial charge >= 0.3 is 0 Å². The molecule has 1 N–H and O–H groups in total. The van der Waals surface area contributed by atoms with Crippen LogP contribution in [0.15, 0.2) is 48.5 Å². The molecule has 0 bridgehead atoms. The first kappa shape index (κ1) is 22.9. The van der Waals surface area contributed by atoms with E-state index in [-0.39, 0.29) is 24.9 Å². The van der Waals surface area contributed by atoms with Gasteiger partial charge in [0.2, 0.25) is 0 Å². The lowest BCUT2D eigenvalue weighted by Gasteiger charge is -2.41. The number of nitrogens with zero attached hydrogens (tertiary/aromatic N) is 2. The number of benzene rings is 3. The SMILES string of the molecule is COc1cc2c(cc1OCc1cc(F)c(F)c(F)c1)CCN1Cc3c(c4ccccc4n3CO)CC21. The lowest BCUT2D eigenvalue weighted by atomic mass is 9.85. The molecule has 4 aromatic rings. The summed E-state index contributed by atoms with van der Waals surface area (Å²) >= 11 is 0. The molecule has 0 spiro atoms. The average Bonchev–Trinajstić information content (AvgIpc) is 3.21. The van der Waals surface area contributed by atoms with E-state index >= 15 is 0 Å². The zero-order chi connectivity index (χ0) is 25.0. The number of aliphatic hydroxyl groups is 1. The maximum Gasteiger partial charge on any atom is 0.194 e. The smallest absolute Gasteiger partial charge is 0.194 e. The van der Waals surface area contributed by atoms with Crippen LogP contribution in [0.25, 0.3) is 10.9 Å². The van der Waals surface area contributed by atoms with Crippen LogP contribution in [0.3, 0.4) is 0 Å². The second kappa shape index (κ2) is 8.87. The molecule has 186 valence electrons. The third-order valence-electron chi connectivity index (χ3n) is 7.42. The quantitative estimate of drug-likeness (QED) is 0.385. The highest BCUT2D eigenvalue weighted by molar-refractivity contribution is 5.86. The number of aliphatic hydroxyl groups excluding tert-OH is 1. The van der Waals surface area contributed by atoms with Crippen molar-refractivity contribution in [2.45, 2.75) is 38.8 Å². The normalized spacial score (nSPS) is 17.0. The highest BCUT2D eigenvalue weighted by atomic mass is 19.2. The molecule has 1 unspecified atom stereocenters. The van der Waals surface area contributed by atoms with Gasteiger partial charge in [0.1, 0.15) is 13.3 Å². The zero-order valence-electron chi connectivity index (χ0n) is 19.7. The van der Waals surface area contributed by atoms with Crippen LogP contribution in [0.2, 0.25) is 0 Å². The Morgan fingerprint density at radius 1 is 1.03 bits per heavy atom. The van der Waals surface area contributed by atoms with Crippen LogP contribution < -0.4 is 9.47 Å². The summed E-state index contributed by atoms with van der Waals surface area (Å²) in [6.45, 7) is 1.42. The maximum atomic E-state index is 13.6. The second-order valence-corrected chi connectivity index (χ2v) is 9.32. The zero-order valence-corrected chi connectivity index (χ0v) is 19.7. The first-order chi connectivity index (χ1) is 17.5. The number of hydrogen-bond acceptors (Lipinski definition) is 4. The predicted octanol–water partition coefficient (Wildman–Crippen LogP) is 5.25. The minimum absolute atomic E-state index is 0.0542. The summed E-state index contributed by atoms with van der Waals surface area (Å²) in [5.41, 5.74) is 5.95. The van der Waals surface area contributed by atoms with E-state index in [1.165, 1.54) is 10.9 Å². The first-order valence-corrected chi connectivity index (χ1v) is 11.9. The largest absolute Gasteiger partial charge is 0.493 e. The molecule has 3 heterocycles. The van der Waals surface area contributed by atoms with E-state index in [9.17, 15) is 18.3 Å². The Morgan fingerprint density at radius 3 is 2.56 bits per heavy atom. The fourth-order valence-corrected chi connectivity index (χ4v) is 5.70. The standard InChI is InChI=1S/C28H25F3N2O3/c1-35-26-12-19-17(10-27(26)36-14-16-8-21(29)28(31)22(30)9-16)6-7-32-13-25-20(11-24(19)32)18-4-2-3-5-23(18)33(25)15-34/h2-5,8-10,12,24,34H,6-7,11,13-15H2,1H3. The molecule has 3 aromatic carbocycles. The predicted molar refractivity (Wildman–Crippen MR) is 128 cm³/mol. The Hall–Kier alpha value is -3.49. The number of ether oxygens (including phenoxy) is 2. The Morgan fingerprint density at radius 2 is 1.81 bits per heavy atom. The van der Waals surface area contributed by atoms with E-state index in [0.717, 1.165) is 60.4 Å². The van der Waals surface area contributed by atoms with Gasteiger partial charge in [0.05, 0.1) is 12.6 Å². The van der Waals surface area contributed by atoms with Crippen LogP contribution in [0.4, 0.5) is 13.2 Å². The molecule has 0 fully saturated rings. The number of hydrogen-bond donors (Lipinski definition) is 1. The molecule has 0 saturated heterocycles. The summed E-state index contributed by atoms with van der Waals surface area (Å²) in [4.78, 5) is 2.43. The van der Waals surface area contributed by atoms with Crippen LogP contribution in [-0.2, 0) is 32.7 Å². The van der Waals surface area contributed by atoms with Gasteiger partial charge in [-0.1, -0.05) is 18.2 Å². The summed E-state index contributed by atoms with van der Waals surface area (Å²) in [5.74, 6) is -2.98. The first-order valence-electron chi connectivity index (χ1n) is 11.9. The van der Waals surface area contributed by atoms with Gasteiger partial charge < -0.3 is 19.1 Å². The molecule has 0 amide bonds. The Balaban J connectivity index is 1.33. The summed E-state index contributed by atoms with van der Waals surface area (Å²) < 4.78 is 54.0. The highest BCUT2D eigenvalue weighted by Gasteiger charge is 2.35. The number of halogens is 3. The molecular formula is C28H25F3N2O3. The van der Waals surface area contributed by atoms with Crippen molar-refractivity contribution in [1.29, 1.82) is 0 Å². The van der Waals surface area contributed by atoms with Crippen LogP contribution in [0.5, 0.6) is 11.5 Å². The van der Waals surface area contributed by atoms with Crippen molar-refractivity contribution in [3.63, 3.8) is 0 Å². The molecule has 2 aliphatic rings. The number of para-hydroxylation sites is 1. The van der Waals surface area contributed by atoms with Gasteiger partial charge in [-0.2, -0.15) is 0 Å². The van der Waals surface area contributed by atoms with Crippen molar-refractivity contribution in [3.05, 3.63) is 93.9 Å². The van der Waals surface area contributed by atoms with Crippen LogP contribution in [0.1, 0.15) is 34.0 Å². The summed E-state index contributed by atoms with van der Waals surface area (Å²) in [5, 5.41) is 11.2. The van der Waals surface area contributed by atoms with Crippen molar-refractivity contribution < 1.29 is 27.8 Å². The van der Waals surface area contributed by atoms with Crippen LogP contribution in [0, 0.1) is 17.5 Å². The van der Waals surface area contributed by atoms with E-state index < -0.39 is 17.5 Å². The van der Waals surface area contributed by atoms with Crippen molar-refractivity contribution in [2.75, 3.05) is 13.7 Å². The number of aromatic nitrogens is 1. The molecule has 2 aliphatic heterocycles. The molecule has 6 rings (SSSR count). The third-order valence-corrected chi connectivity index (χ3v) is 7.42. The Kier molecular flexibility index (Phi) is 5.65. The molecule has 0 radical (unpaired) electrons. The van der Waals surface area contributed by atoms with Gasteiger partial charge in [-0.3, -0.25) is 4.90 Å². The van der Waals surface area contributed by atoms with Crippen molar-refractivity contribution in [3.8, 4) is 11.5 Å². The van der Waals surface area contributed by atoms with Crippen molar-refractivity contribution >= 4 is 10.9 Å². The van der Waals surface area contributed by atoms with Crippen molar-refractivity contribution in [2.24, 2.45) is 0 Å². The molecule has 8 heteroatoms. The lowest BCUT2D eigenvalue weighted by Crippen LogP contribution is -2.39. The Bertz CT molecular complexity index is 1460. The fraction of sp³-hybridized carbons (Fsp3) is 0.286. The van der Waals surface area contributed by atoms with Crippen LogP contribution >= 0.6 is 0 Å². The van der Waals surface area contributed by atoms with Gasteiger partial charge in [0.25, 0.3) is 0 Å². The molecule has 0 aliphatic carbocycles. The summed E-state index contributed by atoms with van der Waals surface area (Å²) in [6.07, 6.45) is 1.62. The summed E-state index contributed by atoms with van der Waals surface area (Å²) in [7, 11) is 1.56. The third kappa shape index (κ3) is 3.63. The molecule has 5 nitrogen and oxygen atoms in total. The number of methoxy groups -OCH3 is 1. The molecule has 36 heavy (non-hydrogen) atoms. The van der Waals surface area contributed by atoms with Crippen molar-refractivity contribution in [1.82, 2.24) is 9.47 Å². The molecule has 1 aromatic heterocycles. The maximum absolute atomic E-state index is 13.6. The van der Waals surface area contributed by atoms with Gasteiger partial charge in [0, 0.05) is 30.2 Å². The van der Waals surface area contributed by atoms with Gasteiger partial charge in [-0.05, 0) is 65.4 Å². The second-order valence-electron chi connectivity index (χ2n) is 9.32. The molecule has 0 saturated carbocycles. The minimum Gasteiger partial charge on any atom is -0.493 e. The monoisotopic (exact) mass is 494 g/mol. The Labute approximate surface area is 206 Å². The van der Waals surface area contributed by atoms with Gasteiger partial charge in [0.15, 0.2) is 29.0 Å². The van der Waals surface area contributed by atoms with Crippen LogP contribution in [-0.4, -0.2) is 28.2 Å². The lowest BCUT2D eigenvalue weighted by molar-refractivity contribution is 0.145. The van der Waals surface area contributed by atoms with E-state index in [1.54, 1.807) is 7.11 Å².